The molecule has 0 fully saturated rings. The van der Waals surface area contributed by atoms with Crippen molar-refractivity contribution in [3.05, 3.63) is 241 Å². The number of nitrogens with one attached hydrogen (secondary N) is 2. The van der Waals surface area contributed by atoms with E-state index in [2.05, 4.69) is 247 Å². The van der Waals surface area contributed by atoms with E-state index in [0.29, 0.717) is 0 Å². The third-order valence-corrected chi connectivity index (χ3v) is 13.1. The summed E-state index contributed by atoms with van der Waals surface area (Å²) in [7, 11) is -1.73. The molecule has 0 radical (unpaired) electrons. The van der Waals surface area contributed by atoms with Crippen LogP contribution >= 0.6 is 10.2 Å². The first-order valence-electron chi connectivity index (χ1n) is 19.9. The highest BCUT2D eigenvalue weighted by Gasteiger charge is 2.32. The Bertz CT molecular complexity index is 2710. The first-order chi connectivity index (χ1) is 28.5. The third-order valence-electron chi connectivity index (χ3n) is 10.9. The Morgan fingerprint density at radius 3 is 1.55 bits per heavy atom. The van der Waals surface area contributed by atoms with Crippen molar-refractivity contribution >= 4 is 38.4 Å². The van der Waals surface area contributed by atoms with Crippen molar-refractivity contribution < 1.29 is 0 Å². The second-order valence-corrected chi connectivity index (χ2v) is 18.4. The van der Waals surface area contributed by atoms with Crippen molar-refractivity contribution in [2.24, 2.45) is 0 Å². The molecule has 1 aliphatic rings. The molecule has 0 aliphatic heterocycles. The highest BCUT2D eigenvalue weighted by molar-refractivity contribution is 8.33. The maximum absolute atomic E-state index is 4.09. The summed E-state index contributed by atoms with van der Waals surface area (Å²) in [6, 6.07) is 76.3. The van der Waals surface area contributed by atoms with Crippen molar-refractivity contribution in [1.82, 2.24) is 0 Å². The molecule has 2 N–H and O–H groups in total. The molecule has 3 heteroatoms. The SMILES string of the molecule is CS(C)(Nc1ccccc1)c1c(-c2c(Nc3ccccc3)cc(-c3ccccc3)cc2-c2ccccc2)cccc1C1C=C(c2ccccc2)C=C1c1ccccc1. The van der Waals surface area contributed by atoms with Gasteiger partial charge in [0.25, 0.3) is 0 Å². The van der Waals surface area contributed by atoms with Gasteiger partial charge in [0.1, 0.15) is 0 Å². The molecular formula is C55H46N2S. The Morgan fingerprint density at radius 2 is 0.948 bits per heavy atom. The minimum Gasteiger partial charge on any atom is -0.355 e. The molecule has 1 aliphatic carbocycles. The van der Waals surface area contributed by atoms with E-state index in [-0.39, 0.29) is 5.92 Å². The fourth-order valence-electron chi connectivity index (χ4n) is 8.30. The van der Waals surface area contributed by atoms with Gasteiger partial charge >= 0.3 is 0 Å². The van der Waals surface area contributed by atoms with Gasteiger partial charge in [-0.3, -0.25) is 0 Å². The fraction of sp³-hybridized carbons (Fsp3) is 0.0545. The average Bonchev–Trinajstić information content (AvgIpc) is 3.73. The molecule has 8 aromatic rings. The predicted octanol–water partition coefficient (Wildman–Crippen LogP) is 15.1. The van der Waals surface area contributed by atoms with Crippen LogP contribution in [-0.4, -0.2) is 12.5 Å². The first kappa shape index (κ1) is 36.8. The van der Waals surface area contributed by atoms with Crippen LogP contribution in [-0.2, 0) is 0 Å². The number of hydrogen-bond acceptors (Lipinski definition) is 2. The topological polar surface area (TPSA) is 24.1 Å². The van der Waals surface area contributed by atoms with Gasteiger partial charge in [-0.1, -0.05) is 182 Å². The Kier molecular flexibility index (Phi) is 10.4. The van der Waals surface area contributed by atoms with Crippen LogP contribution in [0.3, 0.4) is 0 Å². The first-order valence-corrected chi connectivity index (χ1v) is 22.3. The summed E-state index contributed by atoms with van der Waals surface area (Å²) >= 11 is 0. The second kappa shape index (κ2) is 16.3. The lowest BCUT2D eigenvalue weighted by Gasteiger charge is -2.39. The van der Waals surface area contributed by atoms with Crippen molar-refractivity contribution in [3.8, 4) is 33.4 Å². The molecule has 0 amide bonds. The lowest BCUT2D eigenvalue weighted by Crippen LogP contribution is -2.14. The number of anilines is 3. The van der Waals surface area contributed by atoms with Crippen LogP contribution in [0.25, 0.3) is 44.5 Å². The summed E-state index contributed by atoms with van der Waals surface area (Å²) < 4.78 is 4.09. The molecule has 0 saturated carbocycles. The molecule has 0 aromatic heterocycles. The van der Waals surface area contributed by atoms with Crippen LogP contribution in [0.2, 0.25) is 0 Å². The normalized spacial score (nSPS) is 14.0. The van der Waals surface area contributed by atoms with Crippen LogP contribution in [0, 0.1) is 0 Å². The molecular weight excluding hydrogens is 721 g/mol. The molecule has 58 heavy (non-hydrogen) atoms. The molecule has 9 rings (SSSR count). The van der Waals surface area contributed by atoms with E-state index in [4.69, 9.17) is 0 Å². The molecule has 0 saturated heterocycles. The summed E-state index contributed by atoms with van der Waals surface area (Å²) in [5.41, 5.74) is 16.6. The van der Waals surface area contributed by atoms with Gasteiger partial charge < -0.3 is 10.0 Å². The van der Waals surface area contributed by atoms with E-state index < -0.39 is 10.2 Å². The van der Waals surface area contributed by atoms with Crippen molar-refractivity contribution in [3.63, 3.8) is 0 Å². The number of para-hydroxylation sites is 2. The Hall–Kier alpha value is -6.81. The lowest BCUT2D eigenvalue weighted by atomic mass is 9.85. The van der Waals surface area contributed by atoms with Gasteiger partial charge in [0.15, 0.2) is 0 Å². The average molecular weight is 767 g/mol. The standard InChI is InChI=1S/C55H46N2S/c1-58(2,57-47-32-19-8-20-33-47)55-48(52-38-44(40-22-9-3-10-23-40)36-50(52)42-26-13-5-14-27-42)34-21-35-49(55)54-51(43-28-15-6-16-29-43)37-45(41-24-11-4-12-25-41)39-53(54)56-46-30-17-7-18-31-46/h3-39,52,56-57H,1-2H3. The quantitative estimate of drug-likeness (QED) is 0.137. The minimum atomic E-state index is -1.73. The van der Waals surface area contributed by atoms with Gasteiger partial charge in [0, 0.05) is 33.4 Å². The largest absolute Gasteiger partial charge is 0.355 e. The Labute approximate surface area is 344 Å². The van der Waals surface area contributed by atoms with Gasteiger partial charge in [0.05, 0.1) is 0 Å². The monoisotopic (exact) mass is 766 g/mol. The predicted molar refractivity (Wildman–Crippen MR) is 252 cm³/mol. The number of benzene rings is 8. The maximum Gasteiger partial charge on any atom is 0.0476 e. The molecule has 8 aromatic carbocycles. The van der Waals surface area contributed by atoms with Crippen LogP contribution in [0.5, 0.6) is 0 Å². The number of allylic oxidation sites excluding steroid dienone is 4. The van der Waals surface area contributed by atoms with Gasteiger partial charge in [-0.2, -0.15) is 0 Å². The summed E-state index contributed by atoms with van der Waals surface area (Å²) in [5, 5.41) is 3.94. The molecule has 0 heterocycles. The second-order valence-electron chi connectivity index (χ2n) is 15.1. The molecule has 0 bridgehead atoms. The van der Waals surface area contributed by atoms with Gasteiger partial charge in [0.2, 0.25) is 0 Å². The summed E-state index contributed by atoms with van der Waals surface area (Å²) in [6.45, 7) is 0. The van der Waals surface area contributed by atoms with E-state index in [9.17, 15) is 0 Å². The molecule has 282 valence electrons. The van der Waals surface area contributed by atoms with Gasteiger partial charge in [-0.05, 0) is 111 Å². The summed E-state index contributed by atoms with van der Waals surface area (Å²) in [5.74, 6) is 0.0196. The maximum atomic E-state index is 4.09. The van der Waals surface area contributed by atoms with E-state index in [1.54, 1.807) is 0 Å². The van der Waals surface area contributed by atoms with Gasteiger partial charge in [-0.25, -0.2) is 0 Å². The Morgan fingerprint density at radius 1 is 0.431 bits per heavy atom. The zero-order valence-electron chi connectivity index (χ0n) is 32.8. The van der Waals surface area contributed by atoms with Crippen LogP contribution in [0.15, 0.2) is 229 Å². The molecule has 2 nitrogen and oxygen atoms in total. The van der Waals surface area contributed by atoms with Crippen molar-refractivity contribution in [2.45, 2.75) is 10.8 Å². The van der Waals surface area contributed by atoms with E-state index in [0.717, 1.165) is 22.6 Å². The van der Waals surface area contributed by atoms with Crippen LogP contribution < -0.4 is 10.0 Å². The lowest BCUT2D eigenvalue weighted by molar-refractivity contribution is 1.06. The third kappa shape index (κ3) is 7.65. The number of rotatable bonds is 11. The van der Waals surface area contributed by atoms with Gasteiger partial charge in [-0.15, -0.1) is 10.2 Å². The van der Waals surface area contributed by atoms with Crippen LogP contribution in [0.4, 0.5) is 17.1 Å². The zero-order valence-corrected chi connectivity index (χ0v) is 33.7. The van der Waals surface area contributed by atoms with E-state index in [1.165, 1.54) is 60.5 Å². The minimum absolute atomic E-state index is 0.0196. The number of hydrogen-bond donors (Lipinski definition) is 2. The molecule has 0 spiro atoms. The smallest absolute Gasteiger partial charge is 0.0476 e. The highest BCUT2D eigenvalue weighted by atomic mass is 32.3. The summed E-state index contributed by atoms with van der Waals surface area (Å²) in [4.78, 5) is 1.33. The van der Waals surface area contributed by atoms with Crippen molar-refractivity contribution in [1.29, 1.82) is 0 Å². The molecule has 1 unspecified atom stereocenters. The van der Waals surface area contributed by atoms with Crippen LogP contribution in [0.1, 0.15) is 22.6 Å². The highest BCUT2D eigenvalue weighted by Crippen LogP contribution is 2.60. The van der Waals surface area contributed by atoms with E-state index in [1.807, 2.05) is 0 Å². The fourth-order valence-corrected chi connectivity index (χ4v) is 10.6. The zero-order chi connectivity index (χ0) is 39.3. The Balaban J connectivity index is 1.35. The molecule has 1 atom stereocenters. The summed E-state index contributed by atoms with van der Waals surface area (Å²) in [6.07, 6.45) is 9.72. The van der Waals surface area contributed by atoms with Crippen molar-refractivity contribution in [2.75, 3.05) is 22.6 Å². The van der Waals surface area contributed by atoms with E-state index >= 15 is 0 Å².